The van der Waals surface area contributed by atoms with Gasteiger partial charge < -0.3 is 0 Å². The molecule has 0 bridgehead atoms. The van der Waals surface area contributed by atoms with Crippen LogP contribution in [0.25, 0.3) is 11.1 Å². The summed E-state index contributed by atoms with van der Waals surface area (Å²) in [6.45, 7) is 3.10. The van der Waals surface area contributed by atoms with Gasteiger partial charge in [-0.15, -0.1) is 11.3 Å². The number of hydroxylamine groups is 1. The molecule has 4 rings (SSSR count). The Morgan fingerprint density at radius 2 is 1.68 bits per heavy atom. The topological polar surface area (TPSA) is 52.6 Å². The van der Waals surface area contributed by atoms with Crippen molar-refractivity contribution in [3.63, 3.8) is 0 Å². The lowest BCUT2D eigenvalue weighted by Crippen LogP contribution is -2.32. The monoisotopic (exact) mass is 392 g/mol. The van der Waals surface area contributed by atoms with E-state index in [1.54, 1.807) is 5.48 Å². The smallest absolute Gasteiger partial charge is 0.285 e. The molecule has 0 atom stereocenters. The number of nitrogens with one attached hydrogen (secondary N) is 1. The Hall–Kier alpha value is -2.47. The standard InChI is InChI=1S/C23H24N2O2S/c26-23(24-27)22-20(18-9-5-2-6-10-18)15-21(28-22)19-11-13-25(14-12-19)16-17-7-3-1-4-8-17/h1-10,15,19,27H,11-14,16H2,(H,24,26). The fourth-order valence-electron chi connectivity index (χ4n) is 3.88. The largest absolute Gasteiger partial charge is 0.299 e. The molecular weight excluding hydrogens is 368 g/mol. The number of rotatable bonds is 5. The first kappa shape index (κ1) is 18.9. The van der Waals surface area contributed by atoms with E-state index in [4.69, 9.17) is 5.21 Å². The van der Waals surface area contributed by atoms with E-state index in [0.717, 1.165) is 43.6 Å². The molecule has 0 saturated carbocycles. The number of benzene rings is 2. The molecule has 2 aromatic carbocycles. The predicted octanol–water partition coefficient (Wildman–Crippen LogP) is 4.91. The van der Waals surface area contributed by atoms with Crippen LogP contribution in [0.5, 0.6) is 0 Å². The Morgan fingerprint density at radius 1 is 1.04 bits per heavy atom. The molecule has 0 radical (unpaired) electrons. The zero-order valence-electron chi connectivity index (χ0n) is 15.7. The van der Waals surface area contributed by atoms with Crippen molar-refractivity contribution in [2.45, 2.75) is 25.3 Å². The lowest BCUT2D eigenvalue weighted by Gasteiger charge is -2.31. The lowest BCUT2D eigenvalue weighted by molar-refractivity contribution is 0.0711. The van der Waals surface area contributed by atoms with Crippen molar-refractivity contribution in [2.75, 3.05) is 13.1 Å². The van der Waals surface area contributed by atoms with Crippen LogP contribution >= 0.6 is 11.3 Å². The Labute approximate surface area is 169 Å². The average molecular weight is 393 g/mol. The van der Waals surface area contributed by atoms with Crippen molar-refractivity contribution in [1.82, 2.24) is 10.4 Å². The number of nitrogens with zero attached hydrogens (tertiary/aromatic N) is 1. The maximum Gasteiger partial charge on any atom is 0.285 e. The van der Waals surface area contributed by atoms with Crippen molar-refractivity contribution >= 4 is 17.2 Å². The lowest BCUT2D eigenvalue weighted by atomic mass is 9.93. The molecule has 3 aromatic rings. The molecule has 0 unspecified atom stereocenters. The minimum Gasteiger partial charge on any atom is -0.299 e. The number of hydrogen-bond donors (Lipinski definition) is 2. The molecule has 2 N–H and O–H groups in total. The highest BCUT2D eigenvalue weighted by Gasteiger charge is 2.25. The van der Waals surface area contributed by atoms with Crippen molar-refractivity contribution in [2.24, 2.45) is 0 Å². The first-order chi connectivity index (χ1) is 13.7. The third kappa shape index (κ3) is 4.17. The summed E-state index contributed by atoms with van der Waals surface area (Å²) in [5.41, 5.74) is 5.06. The molecule has 1 fully saturated rings. The molecule has 5 heteroatoms. The van der Waals surface area contributed by atoms with E-state index in [0.29, 0.717) is 10.8 Å². The van der Waals surface area contributed by atoms with Crippen LogP contribution in [0, 0.1) is 0 Å². The highest BCUT2D eigenvalue weighted by molar-refractivity contribution is 7.14. The summed E-state index contributed by atoms with van der Waals surface area (Å²) in [7, 11) is 0. The Morgan fingerprint density at radius 3 is 2.32 bits per heavy atom. The molecule has 4 nitrogen and oxygen atoms in total. The van der Waals surface area contributed by atoms with E-state index in [1.165, 1.54) is 21.8 Å². The summed E-state index contributed by atoms with van der Waals surface area (Å²) in [4.78, 5) is 16.5. The van der Waals surface area contributed by atoms with Crippen molar-refractivity contribution in [1.29, 1.82) is 0 Å². The van der Waals surface area contributed by atoms with Crippen LogP contribution in [0.15, 0.2) is 66.7 Å². The van der Waals surface area contributed by atoms with Crippen molar-refractivity contribution in [3.05, 3.63) is 82.0 Å². The third-order valence-corrected chi connectivity index (χ3v) is 6.68. The van der Waals surface area contributed by atoms with E-state index in [9.17, 15) is 4.79 Å². The molecule has 0 spiro atoms. The zero-order chi connectivity index (χ0) is 19.3. The van der Waals surface area contributed by atoms with Gasteiger partial charge in [0, 0.05) is 17.0 Å². The molecule has 144 valence electrons. The summed E-state index contributed by atoms with van der Waals surface area (Å²) in [5.74, 6) is 0.0244. The first-order valence-corrected chi connectivity index (χ1v) is 10.5. The quantitative estimate of drug-likeness (QED) is 0.479. The van der Waals surface area contributed by atoms with Gasteiger partial charge in [0.05, 0.1) is 0 Å². The predicted molar refractivity (Wildman–Crippen MR) is 113 cm³/mol. The van der Waals surface area contributed by atoms with Gasteiger partial charge >= 0.3 is 0 Å². The fourth-order valence-corrected chi connectivity index (χ4v) is 5.12. The highest BCUT2D eigenvalue weighted by atomic mass is 32.1. The van der Waals surface area contributed by atoms with E-state index < -0.39 is 5.91 Å². The second-order valence-electron chi connectivity index (χ2n) is 7.23. The maximum absolute atomic E-state index is 12.2. The van der Waals surface area contributed by atoms with Gasteiger partial charge in [-0.05, 0) is 49.0 Å². The van der Waals surface area contributed by atoms with Crippen LogP contribution in [0.3, 0.4) is 0 Å². The molecular formula is C23H24N2O2S. The Kier molecular flexibility index (Phi) is 5.86. The number of likely N-dealkylation sites (tertiary alicyclic amines) is 1. The molecule has 1 aliphatic heterocycles. The summed E-state index contributed by atoms with van der Waals surface area (Å²) in [6.07, 6.45) is 2.17. The van der Waals surface area contributed by atoms with Gasteiger partial charge in [-0.2, -0.15) is 0 Å². The van der Waals surface area contributed by atoms with Gasteiger partial charge in [0.1, 0.15) is 4.88 Å². The normalized spacial score (nSPS) is 15.5. The van der Waals surface area contributed by atoms with Gasteiger partial charge in [0.2, 0.25) is 0 Å². The summed E-state index contributed by atoms with van der Waals surface area (Å²) >= 11 is 1.51. The van der Waals surface area contributed by atoms with E-state index >= 15 is 0 Å². The molecule has 1 aromatic heterocycles. The van der Waals surface area contributed by atoms with Crippen molar-refractivity contribution in [3.8, 4) is 11.1 Å². The van der Waals surface area contributed by atoms with Gasteiger partial charge in [-0.1, -0.05) is 60.7 Å². The number of carbonyl (C=O) groups is 1. The van der Waals surface area contributed by atoms with Gasteiger partial charge in [0.25, 0.3) is 5.91 Å². The molecule has 28 heavy (non-hydrogen) atoms. The van der Waals surface area contributed by atoms with E-state index in [2.05, 4.69) is 41.3 Å². The molecule has 1 aliphatic rings. The number of carbonyl (C=O) groups excluding carboxylic acids is 1. The second kappa shape index (κ2) is 8.69. The van der Waals surface area contributed by atoms with E-state index in [1.807, 2.05) is 30.3 Å². The maximum atomic E-state index is 12.2. The van der Waals surface area contributed by atoms with Crippen molar-refractivity contribution < 1.29 is 10.0 Å². The summed E-state index contributed by atoms with van der Waals surface area (Å²) in [6, 6.07) is 22.6. The second-order valence-corrected chi connectivity index (χ2v) is 8.32. The van der Waals surface area contributed by atoms with Crippen LogP contribution in [-0.2, 0) is 6.54 Å². The molecule has 1 saturated heterocycles. The Balaban J connectivity index is 1.49. The van der Waals surface area contributed by atoms with Crippen LogP contribution in [0.2, 0.25) is 0 Å². The number of thiophene rings is 1. The van der Waals surface area contributed by atoms with Crippen LogP contribution in [-0.4, -0.2) is 29.1 Å². The van der Waals surface area contributed by atoms with E-state index in [-0.39, 0.29) is 0 Å². The third-order valence-electron chi connectivity index (χ3n) is 5.38. The van der Waals surface area contributed by atoms with Gasteiger partial charge in [-0.3, -0.25) is 14.9 Å². The molecule has 2 heterocycles. The highest BCUT2D eigenvalue weighted by Crippen LogP contribution is 2.39. The summed E-state index contributed by atoms with van der Waals surface area (Å²) in [5, 5.41) is 9.15. The number of hydrogen-bond acceptors (Lipinski definition) is 4. The number of amides is 1. The SMILES string of the molecule is O=C(NO)c1sc(C2CCN(Cc3ccccc3)CC2)cc1-c1ccccc1. The minimum atomic E-state index is -0.434. The average Bonchev–Trinajstić information content (AvgIpc) is 3.21. The van der Waals surface area contributed by atoms with Crippen LogP contribution < -0.4 is 5.48 Å². The van der Waals surface area contributed by atoms with Gasteiger partial charge in [-0.25, -0.2) is 5.48 Å². The number of piperidine rings is 1. The molecule has 1 amide bonds. The first-order valence-electron chi connectivity index (χ1n) is 9.64. The molecule has 0 aliphatic carbocycles. The van der Waals surface area contributed by atoms with Crippen LogP contribution in [0.1, 0.15) is 38.9 Å². The minimum absolute atomic E-state index is 0.434. The zero-order valence-corrected chi connectivity index (χ0v) is 16.5. The fraction of sp³-hybridized carbons (Fsp3) is 0.261. The van der Waals surface area contributed by atoms with Gasteiger partial charge in [0.15, 0.2) is 0 Å². The summed E-state index contributed by atoms with van der Waals surface area (Å²) < 4.78 is 0. The van der Waals surface area contributed by atoms with Crippen LogP contribution in [0.4, 0.5) is 0 Å². The Bertz CT molecular complexity index is 916.